The lowest BCUT2D eigenvalue weighted by Crippen LogP contribution is -1.69. The molecule has 0 spiro atoms. The summed E-state index contributed by atoms with van der Waals surface area (Å²) in [6.07, 6.45) is 10.5. The minimum absolute atomic E-state index is 0.0694. The SMILES string of the molecule is C1CCCCCC1.O=COO. The molecular weight excluding hydrogens is 144 g/mol. The molecule has 0 unspecified atom stereocenters. The molecule has 3 heteroatoms. The van der Waals surface area contributed by atoms with Gasteiger partial charge in [0.05, 0.1) is 0 Å². The number of carbonyl (C=O) groups excluding carboxylic acids is 1. The van der Waals surface area contributed by atoms with Crippen molar-refractivity contribution in [3.8, 4) is 0 Å². The second-order valence-electron chi connectivity index (χ2n) is 2.68. The average Bonchev–Trinajstić information content (AvgIpc) is 2.35. The first-order valence-corrected chi connectivity index (χ1v) is 4.15. The lowest BCUT2D eigenvalue weighted by molar-refractivity contribution is -0.217. The maximum absolute atomic E-state index is 8.70. The van der Waals surface area contributed by atoms with Crippen LogP contribution in [-0.2, 0) is 9.68 Å². The maximum atomic E-state index is 8.70. The van der Waals surface area contributed by atoms with Gasteiger partial charge >= 0.3 is 6.47 Å². The Balaban J connectivity index is 0.000000218. The van der Waals surface area contributed by atoms with Crippen molar-refractivity contribution in [3.63, 3.8) is 0 Å². The van der Waals surface area contributed by atoms with Crippen molar-refractivity contribution in [1.29, 1.82) is 0 Å². The van der Waals surface area contributed by atoms with Gasteiger partial charge in [0.1, 0.15) is 0 Å². The molecule has 11 heavy (non-hydrogen) atoms. The van der Waals surface area contributed by atoms with Crippen LogP contribution >= 0.6 is 0 Å². The Morgan fingerprint density at radius 3 is 1.18 bits per heavy atom. The molecule has 0 bridgehead atoms. The largest absolute Gasteiger partial charge is 0.330 e. The number of rotatable bonds is 1. The first-order chi connectivity index (χ1) is 5.41. The molecule has 0 aromatic carbocycles. The van der Waals surface area contributed by atoms with E-state index in [-0.39, 0.29) is 6.47 Å². The minimum Gasteiger partial charge on any atom is -0.304 e. The smallest absolute Gasteiger partial charge is 0.304 e. The lowest BCUT2D eigenvalue weighted by Gasteiger charge is -1.85. The fourth-order valence-corrected chi connectivity index (χ4v) is 1.24. The zero-order valence-corrected chi connectivity index (χ0v) is 6.79. The summed E-state index contributed by atoms with van der Waals surface area (Å²) in [7, 11) is 0. The van der Waals surface area contributed by atoms with Crippen LogP contribution in [0.1, 0.15) is 44.9 Å². The van der Waals surface area contributed by atoms with Crippen LogP contribution in [0.5, 0.6) is 0 Å². The second kappa shape index (κ2) is 9.43. The van der Waals surface area contributed by atoms with E-state index in [9.17, 15) is 0 Å². The van der Waals surface area contributed by atoms with Crippen LogP contribution in [0.3, 0.4) is 0 Å². The predicted octanol–water partition coefficient (Wildman–Crippen LogP) is 2.36. The van der Waals surface area contributed by atoms with Crippen LogP contribution in [0.25, 0.3) is 0 Å². The molecule has 0 aromatic rings. The van der Waals surface area contributed by atoms with Gasteiger partial charge in [-0.15, -0.1) is 0 Å². The van der Waals surface area contributed by atoms with Gasteiger partial charge in [0.2, 0.25) is 0 Å². The molecule has 1 fully saturated rings. The highest BCUT2D eigenvalue weighted by Gasteiger charge is 1.95. The van der Waals surface area contributed by atoms with Gasteiger partial charge in [-0.1, -0.05) is 44.9 Å². The molecule has 1 N–H and O–H groups in total. The molecule has 1 aliphatic rings. The van der Waals surface area contributed by atoms with E-state index in [0.29, 0.717) is 0 Å². The van der Waals surface area contributed by atoms with Crippen LogP contribution in [0.15, 0.2) is 0 Å². The van der Waals surface area contributed by atoms with E-state index < -0.39 is 0 Å². The summed E-state index contributed by atoms with van der Waals surface area (Å²) >= 11 is 0. The number of carbonyl (C=O) groups is 1. The van der Waals surface area contributed by atoms with Gasteiger partial charge in [-0.05, 0) is 0 Å². The molecule has 0 radical (unpaired) electrons. The van der Waals surface area contributed by atoms with Crippen molar-refractivity contribution in [3.05, 3.63) is 0 Å². The molecular formula is C8H16O3. The zero-order valence-electron chi connectivity index (χ0n) is 6.79. The molecule has 3 nitrogen and oxygen atoms in total. The Morgan fingerprint density at radius 2 is 1.09 bits per heavy atom. The Bertz CT molecular complexity index is 63.8. The van der Waals surface area contributed by atoms with Crippen molar-refractivity contribution < 1.29 is 14.9 Å². The monoisotopic (exact) mass is 160 g/mol. The van der Waals surface area contributed by atoms with Crippen LogP contribution in [0.2, 0.25) is 0 Å². The lowest BCUT2D eigenvalue weighted by atomic mass is 10.2. The highest BCUT2D eigenvalue weighted by Crippen LogP contribution is 2.15. The summed E-state index contributed by atoms with van der Waals surface area (Å²) in [6.45, 7) is -0.0694. The summed E-state index contributed by atoms with van der Waals surface area (Å²) in [6, 6.07) is 0. The van der Waals surface area contributed by atoms with Gasteiger partial charge in [-0.25, -0.2) is 5.26 Å². The molecule has 0 saturated heterocycles. The summed E-state index contributed by atoms with van der Waals surface area (Å²) in [5.41, 5.74) is 0. The van der Waals surface area contributed by atoms with Gasteiger partial charge in [-0.3, -0.25) is 4.79 Å². The van der Waals surface area contributed by atoms with Crippen molar-refractivity contribution in [2.24, 2.45) is 0 Å². The third kappa shape index (κ3) is 9.43. The van der Waals surface area contributed by atoms with Crippen LogP contribution in [0.4, 0.5) is 0 Å². The standard InChI is InChI=1S/C7H14.CH2O3/c1-2-4-6-7-5-3-1;2-1-4-3/h1-7H2;1,3H. The molecule has 1 aliphatic carbocycles. The van der Waals surface area contributed by atoms with Crippen LogP contribution in [-0.4, -0.2) is 11.7 Å². The molecule has 0 atom stereocenters. The Labute approximate surface area is 67.3 Å². The Kier molecular flexibility index (Phi) is 8.94. The van der Waals surface area contributed by atoms with E-state index in [0.717, 1.165) is 0 Å². The zero-order chi connectivity index (χ0) is 8.36. The van der Waals surface area contributed by atoms with Gasteiger partial charge in [0.25, 0.3) is 0 Å². The van der Waals surface area contributed by atoms with Gasteiger partial charge in [0.15, 0.2) is 0 Å². The van der Waals surface area contributed by atoms with E-state index >= 15 is 0 Å². The van der Waals surface area contributed by atoms with Crippen LogP contribution < -0.4 is 0 Å². The molecule has 0 amide bonds. The van der Waals surface area contributed by atoms with Gasteiger partial charge < -0.3 is 4.89 Å². The first-order valence-electron chi connectivity index (χ1n) is 4.15. The van der Waals surface area contributed by atoms with Crippen LogP contribution in [0, 0.1) is 0 Å². The fraction of sp³-hybridized carbons (Fsp3) is 0.875. The quantitative estimate of drug-likeness (QED) is 0.277. The van der Waals surface area contributed by atoms with E-state index in [1.54, 1.807) is 0 Å². The van der Waals surface area contributed by atoms with Crippen molar-refractivity contribution in [1.82, 2.24) is 0 Å². The summed E-state index contributed by atoms with van der Waals surface area (Å²) in [5.74, 6) is 0. The predicted molar refractivity (Wildman–Crippen MR) is 42.1 cm³/mol. The molecule has 1 rings (SSSR count). The van der Waals surface area contributed by atoms with Gasteiger partial charge in [-0.2, -0.15) is 0 Å². The van der Waals surface area contributed by atoms with E-state index in [2.05, 4.69) is 4.89 Å². The maximum Gasteiger partial charge on any atom is 0.330 e. The van der Waals surface area contributed by atoms with Crippen molar-refractivity contribution in [2.75, 3.05) is 0 Å². The number of hydrogen-bond donors (Lipinski definition) is 1. The Morgan fingerprint density at radius 1 is 0.909 bits per heavy atom. The number of hydrogen-bond acceptors (Lipinski definition) is 3. The molecule has 0 aromatic heterocycles. The third-order valence-corrected chi connectivity index (χ3v) is 1.79. The Hall–Kier alpha value is -0.570. The second-order valence-corrected chi connectivity index (χ2v) is 2.68. The normalized spacial score (nSPS) is 17.2. The van der Waals surface area contributed by atoms with E-state index in [4.69, 9.17) is 10.1 Å². The topological polar surface area (TPSA) is 46.5 Å². The third-order valence-electron chi connectivity index (χ3n) is 1.79. The molecule has 0 aliphatic heterocycles. The van der Waals surface area contributed by atoms with Crippen molar-refractivity contribution in [2.45, 2.75) is 44.9 Å². The summed E-state index contributed by atoms with van der Waals surface area (Å²) < 4.78 is 0. The first kappa shape index (κ1) is 10.4. The van der Waals surface area contributed by atoms with E-state index in [1.165, 1.54) is 44.9 Å². The molecule has 1 saturated carbocycles. The van der Waals surface area contributed by atoms with E-state index in [1.807, 2.05) is 0 Å². The highest BCUT2D eigenvalue weighted by atomic mass is 17.1. The summed E-state index contributed by atoms with van der Waals surface area (Å²) in [5, 5.41) is 7.01. The fourth-order valence-electron chi connectivity index (χ4n) is 1.24. The highest BCUT2D eigenvalue weighted by molar-refractivity contribution is 5.35. The molecule has 66 valence electrons. The average molecular weight is 160 g/mol. The summed E-state index contributed by atoms with van der Waals surface area (Å²) in [4.78, 5) is 11.6. The minimum atomic E-state index is -0.0694. The van der Waals surface area contributed by atoms with Gasteiger partial charge in [0, 0.05) is 0 Å². The molecule has 0 heterocycles. The van der Waals surface area contributed by atoms with Crippen molar-refractivity contribution >= 4 is 6.47 Å².